The maximum Gasteiger partial charge on any atom is 0.264 e. The summed E-state index contributed by atoms with van der Waals surface area (Å²) < 4.78 is 57.5. The molecule has 0 radical (unpaired) electrons. The quantitative estimate of drug-likeness (QED) is 0.126. The molecule has 8 nitrogen and oxygen atoms in total. The number of halogens is 3. The van der Waals surface area contributed by atoms with Crippen LogP contribution in [0.15, 0.2) is 115 Å². The third kappa shape index (κ3) is 9.44. The van der Waals surface area contributed by atoms with E-state index in [2.05, 4.69) is 15.0 Å². The Hall–Kier alpha value is -4.78. The van der Waals surface area contributed by atoms with Crippen molar-refractivity contribution >= 4 is 56.8 Å². The predicted octanol–water partition coefficient (Wildman–Crippen LogP) is 7.08. The highest BCUT2D eigenvalue weighted by molar-refractivity contribution is 7.98. The second-order valence-electron chi connectivity index (χ2n) is 11.0. The van der Waals surface area contributed by atoms with E-state index in [9.17, 15) is 26.8 Å². The average molecular weight is 721 g/mol. The lowest BCUT2D eigenvalue weighted by Gasteiger charge is -2.20. The Morgan fingerprint density at radius 3 is 2.27 bits per heavy atom. The molecule has 0 fully saturated rings. The highest BCUT2D eigenvalue weighted by Gasteiger charge is 2.27. The minimum Gasteiger partial charge on any atom is -0.340 e. The van der Waals surface area contributed by atoms with Crippen molar-refractivity contribution in [1.82, 2.24) is 19.6 Å². The van der Waals surface area contributed by atoms with Gasteiger partial charge in [-0.05, 0) is 113 Å². The van der Waals surface area contributed by atoms with E-state index in [0.29, 0.717) is 34.0 Å². The second kappa shape index (κ2) is 16.1. The predicted molar refractivity (Wildman–Crippen MR) is 189 cm³/mol. The number of aromatic nitrogens is 2. The molecular weight excluding hydrogens is 690 g/mol. The number of allylic oxidation sites excluding steroid dienone is 1. The van der Waals surface area contributed by atoms with Gasteiger partial charge in [0.05, 0.1) is 11.2 Å². The normalized spacial score (nSPS) is 12.4. The molecule has 0 aliphatic heterocycles. The van der Waals surface area contributed by atoms with Crippen LogP contribution in [0.1, 0.15) is 27.9 Å². The molecular formula is C36H31ClF2N4O4S2. The maximum absolute atomic E-state index is 13.9. The van der Waals surface area contributed by atoms with Crippen molar-refractivity contribution in [3.8, 4) is 11.1 Å². The summed E-state index contributed by atoms with van der Waals surface area (Å²) in [7, 11) is -4.25. The Kier molecular flexibility index (Phi) is 11.7. The number of carbonyl (C=O) groups excluding carboxylic acids is 2. The van der Waals surface area contributed by atoms with Crippen LogP contribution in [0, 0.1) is 11.6 Å². The number of hydrogen-bond donors (Lipinski definition) is 2. The largest absolute Gasteiger partial charge is 0.340 e. The zero-order chi connectivity index (χ0) is 35.0. The highest BCUT2D eigenvalue weighted by Crippen LogP contribution is 2.29. The number of sulfonamides is 1. The van der Waals surface area contributed by atoms with Gasteiger partial charge in [0.15, 0.2) is 0 Å². The molecule has 49 heavy (non-hydrogen) atoms. The first-order chi connectivity index (χ1) is 23.5. The van der Waals surface area contributed by atoms with Crippen LogP contribution in [0.25, 0.3) is 22.8 Å². The number of nitrogens with one attached hydrogen (secondary N) is 2. The molecule has 5 rings (SSSR count). The molecule has 0 bridgehead atoms. The van der Waals surface area contributed by atoms with E-state index in [-0.39, 0.29) is 22.7 Å². The molecule has 4 aromatic carbocycles. The van der Waals surface area contributed by atoms with E-state index in [1.54, 1.807) is 49.1 Å². The van der Waals surface area contributed by atoms with Crippen molar-refractivity contribution in [1.29, 1.82) is 0 Å². The van der Waals surface area contributed by atoms with Crippen LogP contribution in [0.4, 0.5) is 8.78 Å². The SMILES string of the molecule is CSCCC(NC(=O)c1ccc(/C=C(/Cn2ccnc2)c2ccc(F)cc2)cc1-c1ccc(F)cc1)C(=O)NS(=O)(=O)c1ccc(Cl)cc1. The fourth-order valence-electron chi connectivity index (χ4n) is 5.00. The smallest absolute Gasteiger partial charge is 0.264 e. The zero-order valence-corrected chi connectivity index (χ0v) is 28.5. The van der Waals surface area contributed by atoms with Gasteiger partial charge in [0, 0.05) is 29.5 Å². The molecule has 1 unspecified atom stereocenters. The lowest BCUT2D eigenvalue weighted by Crippen LogP contribution is -2.48. The van der Waals surface area contributed by atoms with Crippen molar-refractivity contribution < 1.29 is 26.8 Å². The third-order valence-corrected chi connectivity index (χ3v) is 9.76. The third-order valence-electron chi connectivity index (χ3n) is 7.50. The van der Waals surface area contributed by atoms with Crippen molar-refractivity contribution in [2.75, 3.05) is 12.0 Å². The Labute approximate surface area is 292 Å². The number of amides is 2. The summed E-state index contributed by atoms with van der Waals surface area (Å²) in [5.41, 5.74) is 3.47. The van der Waals surface area contributed by atoms with Crippen molar-refractivity contribution in [3.05, 3.63) is 143 Å². The lowest BCUT2D eigenvalue weighted by molar-refractivity contribution is -0.121. The van der Waals surface area contributed by atoms with E-state index in [1.807, 2.05) is 16.9 Å². The number of benzene rings is 4. The van der Waals surface area contributed by atoms with Gasteiger partial charge in [0.1, 0.15) is 17.7 Å². The van der Waals surface area contributed by atoms with E-state index in [0.717, 1.165) is 11.1 Å². The molecule has 1 heterocycles. The summed E-state index contributed by atoms with van der Waals surface area (Å²) >= 11 is 7.31. The number of nitrogens with zero attached hydrogens (tertiary/aromatic N) is 2. The van der Waals surface area contributed by atoms with E-state index in [1.165, 1.54) is 72.4 Å². The van der Waals surface area contributed by atoms with Gasteiger partial charge in [-0.2, -0.15) is 11.8 Å². The van der Waals surface area contributed by atoms with Crippen molar-refractivity contribution in [2.24, 2.45) is 0 Å². The number of rotatable bonds is 13. The summed E-state index contributed by atoms with van der Waals surface area (Å²) in [5.74, 6) is -1.90. The van der Waals surface area contributed by atoms with Crippen LogP contribution in [0.2, 0.25) is 5.02 Å². The molecule has 252 valence electrons. The Morgan fingerprint density at radius 1 is 0.959 bits per heavy atom. The summed E-state index contributed by atoms with van der Waals surface area (Å²) in [6.45, 7) is 0.422. The Morgan fingerprint density at radius 2 is 1.63 bits per heavy atom. The molecule has 0 saturated carbocycles. The first kappa shape index (κ1) is 35.5. The van der Waals surface area contributed by atoms with Crippen molar-refractivity contribution in [2.45, 2.75) is 23.9 Å². The first-order valence-electron chi connectivity index (χ1n) is 15.0. The molecule has 5 aromatic rings. The Bertz CT molecular complexity index is 2060. The van der Waals surface area contributed by atoms with E-state index in [4.69, 9.17) is 11.6 Å². The van der Waals surface area contributed by atoms with Crippen LogP contribution in [-0.4, -0.2) is 47.8 Å². The summed E-state index contributed by atoms with van der Waals surface area (Å²) in [5, 5.41) is 3.04. The van der Waals surface area contributed by atoms with Gasteiger partial charge in [0.2, 0.25) is 0 Å². The van der Waals surface area contributed by atoms with Gasteiger partial charge >= 0.3 is 0 Å². The number of thioether (sulfide) groups is 1. The van der Waals surface area contributed by atoms with Gasteiger partial charge in [-0.3, -0.25) is 9.59 Å². The maximum atomic E-state index is 13.9. The van der Waals surface area contributed by atoms with Crippen molar-refractivity contribution in [3.63, 3.8) is 0 Å². The van der Waals surface area contributed by atoms with Gasteiger partial charge in [-0.15, -0.1) is 0 Å². The minimum absolute atomic E-state index is 0.150. The molecule has 0 spiro atoms. The van der Waals surface area contributed by atoms with Gasteiger partial charge in [-0.1, -0.05) is 41.9 Å². The average Bonchev–Trinajstić information content (AvgIpc) is 3.60. The molecule has 0 saturated heterocycles. The monoisotopic (exact) mass is 720 g/mol. The van der Waals surface area contributed by atoms with Gasteiger partial charge < -0.3 is 9.88 Å². The highest BCUT2D eigenvalue weighted by atomic mass is 35.5. The molecule has 0 aliphatic rings. The lowest BCUT2D eigenvalue weighted by atomic mass is 9.94. The molecule has 2 N–H and O–H groups in total. The molecule has 13 heteroatoms. The van der Waals surface area contributed by atoms with Gasteiger partial charge in [0.25, 0.3) is 21.8 Å². The molecule has 1 atom stereocenters. The fourth-order valence-corrected chi connectivity index (χ4v) is 6.61. The van der Waals surface area contributed by atoms with Crippen LogP contribution in [-0.2, 0) is 21.4 Å². The topological polar surface area (TPSA) is 110 Å². The van der Waals surface area contributed by atoms with E-state index >= 15 is 0 Å². The molecule has 0 aliphatic carbocycles. The van der Waals surface area contributed by atoms with Crippen LogP contribution >= 0.6 is 23.4 Å². The van der Waals surface area contributed by atoms with E-state index < -0.39 is 33.7 Å². The second-order valence-corrected chi connectivity index (χ2v) is 14.1. The Balaban J connectivity index is 1.49. The molecule has 2 amide bonds. The van der Waals surface area contributed by atoms with Crippen LogP contribution in [0.3, 0.4) is 0 Å². The van der Waals surface area contributed by atoms with Gasteiger partial charge in [-0.25, -0.2) is 26.9 Å². The number of imidazole rings is 1. The number of hydrogen-bond acceptors (Lipinski definition) is 6. The summed E-state index contributed by atoms with van der Waals surface area (Å²) in [6, 6.07) is 20.9. The fraction of sp³-hybridized carbons (Fsp3) is 0.139. The first-order valence-corrected chi connectivity index (χ1v) is 18.2. The van der Waals surface area contributed by atoms with Crippen LogP contribution < -0.4 is 10.0 Å². The zero-order valence-electron chi connectivity index (χ0n) is 26.1. The van der Waals surface area contributed by atoms with Crippen LogP contribution in [0.5, 0.6) is 0 Å². The molecule has 1 aromatic heterocycles. The summed E-state index contributed by atoms with van der Waals surface area (Å²) in [4.78, 5) is 31.1. The summed E-state index contributed by atoms with van der Waals surface area (Å²) in [6.07, 6.45) is 9.00. The minimum atomic E-state index is -4.25. The standard InChI is InChI=1S/C36H31ClF2N4O4S2/c1-48-19-16-34(36(45)42-49(46,47)31-13-7-28(37)8-14-31)41-35(44)32-15-2-24(21-33(32)26-5-11-30(39)12-6-26)20-27(22-43-18-17-40-23-43)25-3-9-29(38)10-4-25/h2-15,17-18,20-21,23,34H,16,19,22H2,1H3,(H,41,44)(H,42,45)/b27-20-. The number of carbonyl (C=O) groups is 2.